The van der Waals surface area contributed by atoms with Gasteiger partial charge in [-0.1, -0.05) is 61.9 Å². The predicted molar refractivity (Wildman–Crippen MR) is 143 cm³/mol. The van der Waals surface area contributed by atoms with E-state index in [0.29, 0.717) is 18.5 Å². The number of methoxy groups -OCH3 is 1. The molecule has 208 valence electrons. The third-order valence-electron chi connectivity index (χ3n) is 5.64. The van der Waals surface area contributed by atoms with Crippen molar-refractivity contribution in [2.75, 3.05) is 20.2 Å². The van der Waals surface area contributed by atoms with Gasteiger partial charge >= 0.3 is 12.1 Å². The molecule has 0 saturated heterocycles. The largest absolute Gasteiger partial charge is 0.468 e. The highest BCUT2D eigenvalue weighted by atomic mass is 16.6. The summed E-state index contributed by atoms with van der Waals surface area (Å²) < 4.78 is 9.97. The number of esters is 1. The van der Waals surface area contributed by atoms with E-state index in [1.54, 1.807) is 27.7 Å². The summed E-state index contributed by atoms with van der Waals surface area (Å²) >= 11 is 0. The molecule has 0 saturated carbocycles. The highest BCUT2D eigenvalue weighted by molar-refractivity contribution is 5.93. The second-order valence-electron chi connectivity index (χ2n) is 10.4. The molecular weight excluding hydrogens is 474 g/mol. The van der Waals surface area contributed by atoms with E-state index in [0.717, 1.165) is 36.8 Å². The van der Waals surface area contributed by atoms with Gasteiger partial charge in [-0.3, -0.25) is 14.4 Å². The van der Waals surface area contributed by atoms with Crippen molar-refractivity contribution in [2.45, 2.75) is 98.3 Å². The van der Waals surface area contributed by atoms with Gasteiger partial charge in [0.05, 0.1) is 7.11 Å². The zero-order valence-electron chi connectivity index (χ0n) is 23.7. The fourth-order valence-electron chi connectivity index (χ4n) is 4.02. The minimum atomic E-state index is -0.996. The molecule has 0 fully saturated rings. The zero-order chi connectivity index (χ0) is 28.2. The maximum Gasteiger partial charge on any atom is 0.408 e. The molecule has 0 aliphatic heterocycles. The Morgan fingerprint density at radius 3 is 2.11 bits per heavy atom. The number of ether oxygens (including phenoxy) is 2. The molecule has 3 amide bonds. The van der Waals surface area contributed by atoms with E-state index in [1.807, 2.05) is 32.0 Å². The maximum atomic E-state index is 13.7. The number of hydrogen-bond acceptors (Lipinski definition) is 6. The lowest BCUT2D eigenvalue weighted by Gasteiger charge is -2.34. The normalized spacial score (nSPS) is 12.8. The first-order chi connectivity index (χ1) is 17.3. The molecular formula is C28H45N3O6. The summed E-state index contributed by atoms with van der Waals surface area (Å²) in [4.78, 5) is 52.8. The monoisotopic (exact) mass is 519 g/mol. The molecule has 2 N–H and O–H groups in total. The fourth-order valence-corrected chi connectivity index (χ4v) is 4.02. The minimum Gasteiger partial charge on any atom is -0.468 e. The summed E-state index contributed by atoms with van der Waals surface area (Å²) in [7, 11) is 1.24. The molecule has 0 spiro atoms. The molecule has 0 radical (unpaired) electrons. The van der Waals surface area contributed by atoms with Crippen LogP contribution >= 0.6 is 0 Å². The van der Waals surface area contributed by atoms with Crippen LogP contribution in [0.25, 0.3) is 0 Å². The molecule has 37 heavy (non-hydrogen) atoms. The van der Waals surface area contributed by atoms with E-state index in [-0.39, 0.29) is 6.54 Å². The first-order valence-electron chi connectivity index (χ1n) is 13.0. The number of unbranched alkanes of at least 4 members (excludes halogenated alkanes) is 4. The van der Waals surface area contributed by atoms with Gasteiger partial charge in [0.25, 0.3) is 0 Å². The van der Waals surface area contributed by atoms with Crippen LogP contribution in [0.2, 0.25) is 0 Å². The number of nitrogens with zero attached hydrogens (tertiary/aromatic N) is 1. The van der Waals surface area contributed by atoms with Crippen LogP contribution in [-0.4, -0.2) is 60.6 Å². The quantitative estimate of drug-likeness (QED) is 0.296. The number of nitrogens with one attached hydrogen (secondary N) is 2. The molecule has 9 nitrogen and oxygen atoms in total. The second-order valence-corrected chi connectivity index (χ2v) is 10.4. The average Bonchev–Trinajstić information content (AvgIpc) is 2.78. The Kier molecular flexibility index (Phi) is 13.1. The smallest absolute Gasteiger partial charge is 0.408 e. The molecule has 0 aliphatic carbocycles. The SMILES string of the molecule is CCCCCCCN(C(=O)C(C)NC(=O)OC(C)(C)C)C(C(=O)NCC(=O)OC)c1cc(C)cc(C)c1. The van der Waals surface area contributed by atoms with Crippen LogP contribution < -0.4 is 10.6 Å². The van der Waals surface area contributed by atoms with Gasteiger partial charge in [0.1, 0.15) is 24.2 Å². The highest BCUT2D eigenvalue weighted by Crippen LogP contribution is 2.26. The molecule has 0 bridgehead atoms. The predicted octanol–water partition coefficient (Wildman–Crippen LogP) is 4.35. The van der Waals surface area contributed by atoms with Crippen molar-refractivity contribution < 1.29 is 28.7 Å². The summed E-state index contributed by atoms with van der Waals surface area (Å²) in [5, 5.41) is 5.20. The number of hydrogen-bond donors (Lipinski definition) is 2. The summed E-state index contributed by atoms with van der Waals surface area (Å²) in [5.41, 5.74) is 1.79. The third-order valence-corrected chi connectivity index (χ3v) is 5.64. The number of carbonyl (C=O) groups is 4. The van der Waals surface area contributed by atoms with Crippen LogP contribution in [0.3, 0.4) is 0 Å². The van der Waals surface area contributed by atoms with Crippen molar-refractivity contribution in [2.24, 2.45) is 0 Å². The van der Waals surface area contributed by atoms with Gasteiger partial charge in [0.15, 0.2) is 0 Å². The van der Waals surface area contributed by atoms with Crippen LogP contribution in [0.4, 0.5) is 4.79 Å². The van der Waals surface area contributed by atoms with Crippen molar-refractivity contribution in [1.29, 1.82) is 0 Å². The van der Waals surface area contributed by atoms with Gasteiger partial charge in [-0.25, -0.2) is 4.79 Å². The van der Waals surface area contributed by atoms with Crippen molar-refractivity contribution in [3.8, 4) is 0 Å². The number of alkyl carbamates (subject to hydrolysis) is 1. The van der Waals surface area contributed by atoms with Crippen LogP contribution in [0.1, 0.15) is 89.5 Å². The summed E-state index contributed by atoms with van der Waals surface area (Å²) in [6.45, 7) is 12.7. The van der Waals surface area contributed by atoms with E-state index >= 15 is 0 Å². The van der Waals surface area contributed by atoms with Gasteiger partial charge in [-0.15, -0.1) is 0 Å². The number of rotatable bonds is 13. The highest BCUT2D eigenvalue weighted by Gasteiger charge is 2.35. The molecule has 1 rings (SSSR count). The number of carbonyl (C=O) groups excluding carboxylic acids is 4. The van der Waals surface area contributed by atoms with E-state index in [2.05, 4.69) is 22.3 Å². The van der Waals surface area contributed by atoms with Gasteiger partial charge < -0.3 is 25.0 Å². The molecule has 1 aromatic rings. The van der Waals surface area contributed by atoms with E-state index in [4.69, 9.17) is 4.74 Å². The number of aryl methyl sites for hydroxylation is 2. The first-order valence-corrected chi connectivity index (χ1v) is 13.0. The number of amides is 3. The molecule has 1 aromatic carbocycles. The zero-order valence-corrected chi connectivity index (χ0v) is 23.7. The third kappa shape index (κ3) is 11.7. The van der Waals surface area contributed by atoms with Crippen molar-refractivity contribution in [3.05, 3.63) is 34.9 Å². The first kappa shape index (κ1) is 31.9. The van der Waals surface area contributed by atoms with Crippen molar-refractivity contribution >= 4 is 23.9 Å². The Labute approximate surface area is 221 Å². The van der Waals surface area contributed by atoms with E-state index < -0.39 is 41.6 Å². The molecule has 0 aromatic heterocycles. The lowest BCUT2D eigenvalue weighted by Crippen LogP contribution is -2.52. The second kappa shape index (κ2) is 15.2. The molecule has 0 aliphatic rings. The molecule has 9 heteroatoms. The van der Waals surface area contributed by atoms with Crippen LogP contribution in [0.15, 0.2) is 18.2 Å². The van der Waals surface area contributed by atoms with Crippen molar-refractivity contribution in [1.82, 2.24) is 15.5 Å². The van der Waals surface area contributed by atoms with Crippen LogP contribution in [-0.2, 0) is 23.9 Å². The Morgan fingerprint density at radius 2 is 1.57 bits per heavy atom. The lowest BCUT2D eigenvalue weighted by atomic mass is 9.98. The van der Waals surface area contributed by atoms with Gasteiger partial charge in [0.2, 0.25) is 11.8 Å². The maximum absolute atomic E-state index is 13.7. The molecule has 0 heterocycles. The standard InChI is InChI=1S/C28H45N3O6/c1-9-10-11-12-13-14-31(26(34)21(4)30-27(35)37-28(5,6)7)24(25(33)29-18-23(32)36-8)22-16-19(2)15-20(3)17-22/h15-17,21,24H,9-14,18H2,1-8H3,(H,29,33)(H,30,35). The average molecular weight is 520 g/mol. The van der Waals surface area contributed by atoms with Crippen LogP contribution in [0.5, 0.6) is 0 Å². The van der Waals surface area contributed by atoms with E-state index in [9.17, 15) is 19.2 Å². The van der Waals surface area contributed by atoms with Gasteiger partial charge in [-0.05, 0) is 53.5 Å². The van der Waals surface area contributed by atoms with E-state index in [1.165, 1.54) is 12.0 Å². The Balaban J connectivity index is 3.36. The Morgan fingerprint density at radius 1 is 0.973 bits per heavy atom. The Hall–Kier alpha value is -3.10. The van der Waals surface area contributed by atoms with Crippen LogP contribution in [0, 0.1) is 13.8 Å². The molecule has 2 atom stereocenters. The number of benzene rings is 1. The summed E-state index contributed by atoms with van der Waals surface area (Å²) in [6.07, 6.45) is 4.07. The van der Waals surface area contributed by atoms with Crippen molar-refractivity contribution in [3.63, 3.8) is 0 Å². The summed E-state index contributed by atoms with van der Waals surface area (Å²) in [5.74, 6) is -1.51. The summed E-state index contributed by atoms with van der Waals surface area (Å²) in [6, 6.07) is 3.77. The Bertz CT molecular complexity index is 905. The topological polar surface area (TPSA) is 114 Å². The molecule has 2 unspecified atom stereocenters. The van der Waals surface area contributed by atoms with Gasteiger partial charge in [0, 0.05) is 6.54 Å². The lowest BCUT2D eigenvalue weighted by molar-refractivity contribution is -0.144. The fraction of sp³-hybridized carbons (Fsp3) is 0.643. The van der Waals surface area contributed by atoms with Gasteiger partial charge in [-0.2, -0.15) is 0 Å². The minimum absolute atomic E-state index is 0.312.